The van der Waals surface area contributed by atoms with Crippen molar-refractivity contribution in [2.75, 3.05) is 13.1 Å². The summed E-state index contributed by atoms with van der Waals surface area (Å²) < 4.78 is 3.40. The van der Waals surface area contributed by atoms with Crippen molar-refractivity contribution in [2.45, 2.75) is 38.8 Å². The third-order valence-corrected chi connectivity index (χ3v) is 5.74. The second-order valence-corrected chi connectivity index (χ2v) is 7.60. The number of rotatable bonds is 5. The topological polar surface area (TPSA) is 97.4 Å². The van der Waals surface area contributed by atoms with Crippen LogP contribution in [-0.2, 0) is 4.79 Å². The van der Waals surface area contributed by atoms with Crippen LogP contribution >= 0.6 is 0 Å². The first kappa shape index (κ1) is 19.1. The van der Waals surface area contributed by atoms with E-state index in [4.69, 9.17) is 0 Å². The molecule has 1 saturated heterocycles. The Morgan fingerprint density at radius 2 is 2.00 bits per heavy atom. The predicted molar refractivity (Wildman–Crippen MR) is 106 cm³/mol. The smallest absolute Gasteiger partial charge is 0.255 e. The molecule has 1 N–H and O–H groups in total. The van der Waals surface area contributed by atoms with Crippen LogP contribution in [0.4, 0.5) is 0 Å². The molecule has 0 radical (unpaired) electrons. The van der Waals surface area contributed by atoms with E-state index in [1.165, 1.54) is 0 Å². The lowest BCUT2D eigenvalue weighted by Crippen LogP contribution is -2.46. The minimum Gasteiger partial charge on any atom is -0.352 e. The molecule has 3 aromatic heterocycles. The molecule has 0 bridgehead atoms. The number of carbonyl (C=O) groups is 2. The van der Waals surface area contributed by atoms with Crippen molar-refractivity contribution in [2.24, 2.45) is 5.92 Å². The maximum absolute atomic E-state index is 12.8. The van der Waals surface area contributed by atoms with Crippen LogP contribution in [0.15, 0.2) is 43.1 Å². The van der Waals surface area contributed by atoms with E-state index >= 15 is 0 Å². The van der Waals surface area contributed by atoms with E-state index in [0.717, 1.165) is 12.8 Å². The van der Waals surface area contributed by atoms with Crippen molar-refractivity contribution in [1.82, 2.24) is 34.6 Å². The van der Waals surface area contributed by atoms with E-state index in [2.05, 4.69) is 20.6 Å². The van der Waals surface area contributed by atoms with Crippen molar-refractivity contribution in [3.05, 3.63) is 48.7 Å². The minimum atomic E-state index is -0.346. The van der Waals surface area contributed by atoms with Gasteiger partial charge in [0.05, 0.1) is 5.56 Å². The van der Waals surface area contributed by atoms with E-state index < -0.39 is 0 Å². The molecule has 0 spiro atoms. The molecule has 2 atom stereocenters. The highest BCUT2D eigenvalue weighted by atomic mass is 16.2. The number of amides is 2. The molecule has 3 aromatic rings. The number of carbonyl (C=O) groups excluding carboxylic acids is 2. The Morgan fingerprint density at radius 3 is 2.72 bits per heavy atom. The summed E-state index contributed by atoms with van der Waals surface area (Å²) in [7, 11) is 0. The lowest BCUT2D eigenvalue weighted by Gasteiger charge is -2.35. The van der Waals surface area contributed by atoms with E-state index in [1.807, 2.05) is 18.7 Å². The largest absolute Gasteiger partial charge is 0.352 e. The first-order valence-corrected chi connectivity index (χ1v) is 9.91. The predicted octanol–water partition coefficient (Wildman–Crippen LogP) is 1.54. The monoisotopic (exact) mass is 395 g/mol. The number of hydrogen-bond donors (Lipinski definition) is 1. The average Bonchev–Trinajstić information content (AvgIpc) is 3.44. The summed E-state index contributed by atoms with van der Waals surface area (Å²) in [4.78, 5) is 27.2. The van der Waals surface area contributed by atoms with E-state index in [-0.39, 0.29) is 23.9 Å². The fourth-order valence-corrected chi connectivity index (χ4v) is 3.83. The molecule has 1 aliphatic heterocycles. The molecule has 2 amide bonds. The molecular formula is C20H25N7O2. The summed E-state index contributed by atoms with van der Waals surface area (Å²) in [5.41, 5.74) is 1.35. The molecule has 1 aliphatic rings. The van der Waals surface area contributed by atoms with Crippen molar-refractivity contribution in [3.63, 3.8) is 0 Å². The zero-order chi connectivity index (χ0) is 20.4. The summed E-state index contributed by atoms with van der Waals surface area (Å²) in [6, 6.07) is 5.09. The van der Waals surface area contributed by atoms with Crippen LogP contribution in [0.25, 0.3) is 5.65 Å². The Morgan fingerprint density at radius 1 is 1.21 bits per heavy atom. The maximum atomic E-state index is 12.8. The van der Waals surface area contributed by atoms with Gasteiger partial charge in [0.2, 0.25) is 5.91 Å². The number of fused-ring (bicyclic) bond motifs is 1. The van der Waals surface area contributed by atoms with Crippen LogP contribution < -0.4 is 5.32 Å². The third-order valence-electron chi connectivity index (χ3n) is 5.74. The van der Waals surface area contributed by atoms with Crippen molar-refractivity contribution < 1.29 is 9.59 Å². The molecule has 9 heteroatoms. The zero-order valence-electron chi connectivity index (χ0n) is 16.6. The van der Waals surface area contributed by atoms with E-state index in [9.17, 15) is 9.59 Å². The van der Waals surface area contributed by atoms with E-state index in [0.29, 0.717) is 30.2 Å². The molecule has 1 fully saturated rings. The maximum Gasteiger partial charge on any atom is 0.255 e. The van der Waals surface area contributed by atoms with Crippen LogP contribution in [0, 0.1) is 5.92 Å². The molecule has 0 saturated carbocycles. The number of nitrogens with zero attached hydrogens (tertiary/aromatic N) is 6. The first-order valence-electron chi connectivity index (χ1n) is 9.91. The number of pyridine rings is 1. The molecule has 0 aromatic carbocycles. The van der Waals surface area contributed by atoms with Gasteiger partial charge in [0.25, 0.3) is 5.91 Å². The normalized spacial score (nSPS) is 17.2. The summed E-state index contributed by atoms with van der Waals surface area (Å²) in [6.45, 7) is 5.23. The Bertz CT molecular complexity index is 989. The summed E-state index contributed by atoms with van der Waals surface area (Å²) >= 11 is 0. The van der Waals surface area contributed by atoms with Crippen LogP contribution in [-0.4, -0.2) is 60.2 Å². The second kappa shape index (κ2) is 8.02. The SMILES string of the molecule is CC(C(=O)N[C@H](C)C1CCN(C(=O)c2ccc3nncn3c2)CC1)n1cccn1. The van der Waals surface area contributed by atoms with Crippen LogP contribution in [0.2, 0.25) is 0 Å². The molecule has 29 heavy (non-hydrogen) atoms. The number of hydrogen-bond acceptors (Lipinski definition) is 5. The van der Waals surface area contributed by atoms with Gasteiger partial charge in [0.15, 0.2) is 5.65 Å². The van der Waals surface area contributed by atoms with Gasteiger partial charge in [-0.1, -0.05) is 0 Å². The van der Waals surface area contributed by atoms with Gasteiger partial charge in [-0.2, -0.15) is 5.10 Å². The standard InChI is InChI=1S/C20H25N7O2/c1-14(23-19(28)15(2)27-9-3-8-22-27)16-6-10-25(11-7-16)20(29)17-4-5-18-24-21-13-26(18)12-17/h3-5,8-9,12-16H,6-7,10-11H2,1-2H3,(H,23,28)/t14-,15?/m1/s1. The van der Waals surface area contributed by atoms with Gasteiger partial charge in [0.1, 0.15) is 12.4 Å². The molecule has 9 nitrogen and oxygen atoms in total. The van der Waals surface area contributed by atoms with Crippen LogP contribution in [0.1, 0.15) is 43.1 Å². The van der Waals surface area contributed by atoms with Gasteiger partial charge in [-0.3, -0.25) is 18.7 Å². The highest BCUT2D eigenvalue weighted by Gasteiger charge is 2.29. The molecular weight excluding hydrogens is 370 g/mol. The molecule has 4 rings (SSSR count). The number of nitrogens with one attached hydrogen (secondary N) is 1. The summed E-state index contributed by atoms with van der Waals surface area (Å²) in [6.07, 6.45) is 8.53. The van der Waals surface area contributed by atoms with Gasteiger partial charge >= 0.3 is 0 Å². The lowest BCUT2D eigenvalue weighted by atomic mass is 9.90. The Kier molecular flexibility index (Phi) is 5.28. The first-order chi connectivity index (χ1) is 14.0. The average molecular weight is 395 g/mol. The fourth-order valence-electron chi connectivity index (χ4n) is 3.83. The van der Waals surface area contributed by atoms with Crippen molar-refractivity contribution in [1.29, 1.82) is 0 Å². The Labute approximate surface area is 168 Å². The molecule has 4 heterocycles. The van der Waals surface area contributed by atoms with Crippen molar-refractivity contribution in [3.8, 4) is 0 Å². The minimum absolute atomic E-state index is 0.0167. The van der Waals surface area contributed by atoms with Crippen molar-refractivity contribution >= 4 is 17.5 Å². The second-order valence-electron chi connectivity index (χ2n) is 7.60. The lowest BCUT2D eigenvalue weighted by molar-refractivity contribution is -0.125. The molecule has 1 unspecified atom stereocenters. The number of piperidine rings is 1. The van der Waals surface area contributed by atoms with Crippen LogP contribution in [0.3, 0.4) is 0 Å². The number of aromatic nitrogens is 5. The zero-order valence-corrected chi connectivity index (χ0v) is 16.6. The van der Waals surface area contributed by atoms with E-state index in [1.54, 1.807) is 52.2 Å². The van der Waals surface area contributed by atoms with Gasteiger partial charge < -0.3 is 10.2 Å². The number of likely N-dealkylation sites (tertiary alicyclic amines) is 1. The fraction of sp³-hybridized carbons (Fsp3) is 0.450. The summed E-state index contributed by atoms with van der Waals surface area (Å²) in [5.74, 6) is 0.318. The quantitative estimate of drug-likeness (QED) is 0.707. The molecule has 0 aliphatic carbocycles. The van der Waals surface area contributed by atoms with Gasteiger partial charge in [-0.15, -0.1) is 10.2 Å². The third kappa shape index (κ3) is 3.98. The van der Waals surface area contributed by atoms with Gasteiger partial charge in [-0.05, 0) is 50.8 Å². The molecule has 152 valence electrons. The van der Waals surface area contributed by atoms with Gasteiger partial charge in [0, 0.05) is 37.7 Å². The Balaban J connectivity index is 1.31. The highest BCUT2D eigenvalue weighted by Crippen LogP contribution is 2.22. The highest BCUT2D eigenvalue weighted by molar-refractivity contribution is 5.94. The summed E-state index contributed by atoms with van der Waals surface area (Å²) in [5, 5.41) is 15.0. The van der Waals surface area contributed by atoms with Gasteiger partial charge in [-0.25, -0.2) is 0 Å². The Hall–Kier alpha value is -3.23. The van der Waals surface area contributed by atoms with Crippen LogP contribution in [0.5, 0.6) is 0 Å².